The quantitative estimate of drug-likeness (QED) is 0.435. The molecule has 0 rings (SSSR count). The molecule has 0 amide bonds. The molecule has 0 aliphatic carbocycles. The third-order valence-electron chi connectivity index (χ3n) is 2.10. The Morgan fingerprint density at radius 3 is 2.29 bits per heavy atom. The fraction of sp³-hybridized carbons (Fsp3) is 0.833. The predicted octanol–water partition coefficient (Wildman–Crippen LogP) is 1.43. The molecule has 0 aliphatic heterocycles. The van der Waals surface area contributed by atoms with E-state index in [9.17, 15) is 0 Å². The second-order valence-electron chi connectivity index (χ2n) is 5.66. The summed E-state index contributed by atoms with van der Waals surface area (Å²) in [7, 11) is 6.01. The van der Waals surface area contributed by atoms with Crippen LogP contribution in [0.4, 0.5) is 0 Å². The molecule has 0 radical (unpaired) electrons. The van der Waals surface area contributed by atoms with Crippen LogP contribution in [0, 0.1) is 10.8 Å². The summed E-state index contributed by atoms with van der Waals surface area (Å²) >= 11 is 0. The van der Waals surface area contributed by atoms with Gasteiger partial charge in [-0.15, -0.1) is 0 Å². The molecule has 0 atom stereocenters. The van der Waals surface area contributed by atoms with E-state index in [0.29, 0.717) is 5.96 Å². The summed E-state index contributed by atoms with van der Waals surface area (Å²) < 4.78 is 0. The largest absolute Gasteiger partial charge is 0.345 e. The minimum absolute atomic E-state index is 0.0385. The SMILES string of the molecule is CN(C)CCCN(C)C(=N)N/N=C/C(C)(C)C. The van der Waals surface area contributed by atoms with Crippen LogP contribution in [-0.4, -0.2) is 56.2 Å². The van der Waals surface area contributed by atoms with Gasteiger partial charge >= 0.3 is 0 Å². The molecule has 0 fully saturated rings. The number of hydrogen-bond acceptors (Lipinski definition) is 3. The minimum atomic E-state index is 0.0385. The van der Waals surface area contributed by atoms with Crippen LogP contribution in [0.3, 0.4) is 0 Å². The van der Waals surface area contributed by atoms with Crippen molar-refractivity contribution < 1.29 is 0 Å². The first kappa shape index (κ1) is 15.9. The van der Waals surface area contributed by atoms with E-state index in [1.54, 1.807) is 0 Å². The fourth-order valence-corrected chi connectivity index (χ4v) is 1.11. The Bertz CT molecular complexity index is 252. The second kappa shape index (κ2) is 7.27. The lowest BCUT2D eigenvalue weighted by Gasteiger charge is -2.20. The van der Waals surface area contributed by atoms with Gasteiger partial charge < -0.3 is 9.80 Å². The summed E-state index contributed by atoms with van der Waals surface area (Å²) in [5.74, 6) is 0.337. The van der Waals surface area contributed by atoms with Gasteiger partial charge in [-0.25, -0.2) is 5.43 Å². The van der Waals surface area contributed by atoms with Crippen LogP contribution >= 0.6 is 0 Å². The van der Waals surface area contributed by atoms with Crippen LogP contribution in [0.25, 0.3) is 0 Å². The molecule has 0 bridgehead atoms. The highest BCUT2D eigenvalue weighted by Gasteiger charge is 2.06. The van der Waals surface area contributed by atoms with Gasteiger partial charge in [0.05, 0.1) is 0 Å². The highest BCUT2D eigenvalue weighted by Crippen LogP contribution is 2.07. The van der Waals surface area contributed by atoms with Gasteiger partial charge in [0.2, 0.25) is 5.96 Å². The molecule has 100 valence electrons. The number of hydrogen-bond donors (Lipinski definition) is 2. The van der Waals surface area contributed by atoms with Crippen molar-refractivity contribution in [3.8, 4) is 0 Å². The van der Waals surface area contributed by atoms with E-state index in [1.807, 2.05) is 18.2 Å². The predicted molar refractivity (Wildman–Crippen MR) is 74.6 cm³/mol. The van der Waals surface area contributed by atoms with Crippen LogP contribution in [-0.2, 0) is 0 Å². The maximum absolute atomic E-state index is 7.78. The maximum atomic E-state index is 7.78. The van der Waals surface area contributed by atoms with Crippen molar-refractivity contribution in [2.75, 3.05) is 34.2 Å². The molecule has 0 unspecified atom stereocenters. The number of hydrazone groups is 1. The van der Waals surface area contributed by atoms with Crippen molar-refractivity contribution in [3.05, 3.63) is 0 Å². The number of nitrogens with zero attached hydrogens (tertiary/aromatic N) is 3. The van der Waals surface area contributed by atoms with Gasteiger partial charge in [-0.2, -0.15) is 5.10 Å². The third-order valence-corrected chi connectivity index (χ3v) is 2.10. The van der Waals surface area contributed by atoms with E-state index < -0.39 is 0 Å². The molecule has 0 heterocycles. The number of nitrogens with one attached hydrogen (secondary N) is 2. The van der Waals surface area contributed by atoms with Crippen molar-refractivity contribution in [2.45, 2.75) is 27.2 Å². The first-order chi connectivity index (χ1) is 7.72. The average Bonchev–Trinajstić information content (AvgIpc) is 2.14. The number of rotatable bonds is 5. The zero-order valence-electron chi connectivity index (χ0n) is 12.0. The molecule has 0 aromatic rings. The lowest BCUT2D eigenvalue weighted by atomic mass is 9.99. The summed E-state index contributed by atoms with van der Waals surface area (Å²) in [6.45, 7) is 8.10. The second-order valence-corrected chi connectivity index (χ2v) is 5.66. The summed E-state index contributed by atoms with van der Waals surface area (Å²) in [4.78, 5) is 4.01. The molecule has 0 aromatic heterocycles. The van der Waals surface area contributed by atoms with Crippen LogP contribution in [0.2, 0.25) is 0 Å². The Labute approximate surface area is 105 Å². The smallest absolute Gasteiger partial charge is 0.211 e. The van der Waals surface area contributed by atoms with E-state index in [1.165, 1.54) is 0 Å². The van der Waals surface area contributed by atoms with Crippen LogP contribution in [0.1, 0.15) is 27.2 Å². The van der Waals surface area contributed by atoms with Crippen molar-refractivity contribution in [3.63, 3.8) is 0 Å². The van der Waals surface area contributed by atoms with Crippen LogP contribution in [0.15, 0.2) is 5.10 Å². The van der Waals surface area contributed by atoms with Gasteiger partial charge in [0.1, 0.15) is 0 Å². The summed E-state index contributed by atoms with van der Waals surface area (Å²) in [5, 5.41) is 11.8. The molecular weight excluding hydrogens is 214 g/mol. The van der Waals surface area contributed by atoms with Crippen LogP contribution < -0.4 is 5.43 Å². The standard InChI is InChI=1S/C12H27N5/c1-12(2,3)10-14-15-11(13)17(6)9-7-8-16(4)5/h10H,7-9H2,1-6H3,(H2,13,15)/b14-10+. The normalized spacial score (nSPS) is 12.2. The summed E-state index contributed by atoms with van der Waals surface area (Å²) in [5.41, 5.74) is 2.78. The van der Waals surface area contributed by atoms with Gasteiger partial charge in [-0.1, -0.05) is 20.8 Å². The van der Waals surface area contributed by atoms with E-state index in [0.717, 1.165) is 19.5 Å². The number of guanidine groups is 1. The van der Waals surface area contributed by atoms with Gasteiger partial charge in [-0.05, 0) is 32.5 Å². The molecule has 0 spiro atoms. The molecule has 2 N–H and O–H groups in total. The van der Waals surface area contributed by atoms with E-state index in [2.05, 4.69) is 50.3 Å². The van der Waals surface area contributed by atoms with Gasteiger partial charge in [0.25, 0.3) is 0 Å². The molecule has 5 nitrogen and oxygen atoms in total. The zero-order chi connectivity index (χ0) is 13.5. The summed E-state index contributed by atoms with van der Waals surface area (Å²) in [6.07, 6.45) is 2.85. The maximum Gasteiger partial charge on any atom is 0.211 e. The Balaban J connectivity index is 3.86. The van der Waals surface area contributed by atoms with Gasteiger partial charge in [0.15, 0.2) is 0 Å². The van der Waals surface area contributed by atoms with E-state index in [4.69, 9.17) is 5.41 Å². The minimum Gasteiger partial charge on any atom is -0.345 e. The van der Waals surface area contributed by atoms with Gasteiger partial charge in [0, 0.05) is 19.8 Å². The molecule has 0 aromatic carbocycles. The Kier molecular flexibility index (Phi) is 6.80. The molecule has 0 saturated carbocycles. The lowest BCUT2D eigenvalue weighted by Crippen LogP contribution is -2.37. The zero-order valence-corrected chi connectivity index (χ0v) is 12.0. The van der Waals surface area contributed by atoms with Gasteiger partial charge in [-0.3, -0.25) is 5.41 Å². The van der Waals surface area contributed by atoms with Crippen molar-refractivity contribution in [2.24, 2.45) is 10.5 Å². The Morgan fingerprint density at radius 2 is 1.82 bits per heavy atom. The van der Waals surface area contributed by atoms with Crippen molar-refractivity contribution in [1.29, 1.82) is 5.41 Å². The first-order valence-electron chi connectivity index (χ1n) is 5.97. The molecule has 0 aliphatic rings. The Hall–Kier alpha value is -1.10. The van der Waals surface area contributed by atoms with Crippen LogP contribution in [0.5, 0.6) is 0 Å². The molecular formula is C12H27N5. The topological polar surface area (TPSA) is 54.7 Å². The van der Waals surface area contributed by atoms with Crippen molar-refractivity contribution >= 4 is 12.2 Å². The summed E-state index contributed by atoms with van der Waals surface area (Å²) in [6, 6.07) is 0. The van der Waals surface area contributed by atoms with E-state index >= 15 is 0 Å². The lowest BCUT2D eigenvalue weighted by molar-refractivity contribution is 0.365. The third kappa shape index (κ3) is 9.81. The molecule has 0 saturated heterocycles. The average molecular weight is 241 g/mol. The Morgan fingerprint density at radius 1 is 1.24 bits per heavy atom. The monoisotopic (exact) mass is 241 g/mol. The first-order valence-corrected chi connectivity index (χ1v) is 5.97. The molecule has 17 heavy (non-hydrogen) atoms. The fourth-order valence-electron chi connectivity index (χ4n) is 1.11. The highest BCUT2D eigenvalue weighted by atomic mass is 15.4. The van der Waals surface area contributed by atoms with Crippen molar-refractivity contribution in [1.82, 2.24) is 15.2 Å². The van der Waals surface area contributed by atoms with E-state index in [-0.39, 0.29) is 5.41 Å². The molecule has 5 heteroatoms. The highest BCUT2D eigenvalue weighted by molar-refractivity contribution is 5.77.